The number of nitrogens with zero attached hydrogens (tertiary/aromatic N) is 3. The van der Waals surface area contributed by atoms with Crippen LogP contribution in [0, 0.1) is 18.8 Å². The Bertz CT molecular complexity index is 880. The standard InChI is InChI=1S/C14H17N3O3S2/c1-9-3-17-13(18)2-12(15-14(17)21-9)6-16-4-10-7-22(19,20)8-11(10)5-16/h2-3,10-11H,4-8H2,1H3/t10-,11+. The molecule has 2 aliphatic rings. The fourth-order valence-electron chi connectivity index (χ4n) is 3.63. The SMILES string of the molecule is Cc1cn2c(=O)cc(CN3C[C@@H]4CS(=O)(=O)C[C@@H]4C3)nc2s1. The first-order chi connectivity index (χ1) is 10.4. The second kappa shape index (κ2) is 4.87. The molecule has 2 aromatic heterocycles. The number of fused-ring (bicyclic) bond motifs is 2. The van der Waals surface area contributed by atoms with Gasteiger partial charge in [-0.2, -0.15) is 0 Å². The van der Waals surface area contributed by atoms with E-state index >= 15 is 0 Å². The van der Waals surface area contributed by atoms with Crippen LogP contribution in [-0.2, 0) is 16.4 Å². The van der Waals surface area contributed by atoms with Crippen LogP contribution in [-0.4, -0.2) is 47.3 Å². The Labute approximate surface area is 132 Å². The molecule has 0 radical (unpaired) electrons. The first kappa shape index (κ1) is 14.3. The summed E-state index contributed by atoms with van der Waals surface area (Å²) in [5.41, 5.74) is 0.723. The maximum Gasteiger partial charge on any atom is 0.258 e. The average molecular weight is 339 g/mol. The third-order valence-electron chi connectivity index (χ3n) is 4.51. The summed E-state index contributed by atoms with van der Waals surface area (Å²) < 4.78 is 24.8. The highest BCUT2D eigenvalue weighted by Crippen LogP contribution is 2.33. The van der Waals surface area contributed by atoms with Crippen molar-refractivity contribution in [3.63, 3.8) is 0 Å². The van der Waals surface area contributed by atoms with E-state index in [2.05, 4.69) is 9.88 Å². The van der Waals surface area contributed by atoms with Crippen molar-refractivity contribution in [3.8, 4) is 0 Å². The van der Waals surface area contributed by atoms with Crippen LogP contribution in [0.5, 0.6) is 0 Å². The van der Waals surface area contributed by atoms with Crippen LogP contribution in [0.1, 0.15) is 10.6 Å². The molecule has 0 spiro atoms. The minimum atomic E-state index is -2.83. The normalized spacial score (nSPS) is 27.5. The lowest BCUT2D eigenvalue weighted by Gasteiger charge is -2.15. The third kappa shape index (κ3) is 2.49. The molecule has 22 heavy (non-hydrogen) atoms. The Morgan fingerprint density at radius 2 is 2.00 bits per heavy atom. The molecule has 4 rings (SSSR count). The molecule has 0 aromatic carbocycles. The third-order valence-corrected chi connectivity index (χ3v) is 7.28. The summed E-state index contributed by atoms with van der Waals surface area (Å²) in [6, 6.07) is 1.59. The molecule has 0 bridgehead atoms. The number of thiazole rings is 1. The van der Waals surface area contributed by atoms with Crippen molar-refractivity contribution in [1.82, 2.24) is 14.3 Å². The van der Waals surface area contributed by atoms with E-state index in [1.165, 1.54) is 11.3 Å². The highest BCUT2D eigenvalue weighted by Gasteiger charge is 2.43. The summed E-state index contributed by atoms with van der Waals surface area (Å²) in [7, 11) is -2.83. The Hall–Kier alpha value is -1.25. The van der Waals surface area contributed by atoms with Crippen molar-refractivity contribution in [2.75, 3.05) is 24.6 Å². The summed E-state index contributed by atoms with van der Waals surface area (Å²) in [5, 5.41) is 0. The molecule has 2 atom stereocenters. The summed E-state index contributed by atoms with van der Waals surface area (Å²) in [6.07, 6.45) is 1.81. The molecule has 0 N–H and O–H groups in total. The zero-order valence-electron chi connectivity index (χ0n) is 12.2. The van der Waals surface area contributed by atoms with Gasteiger partial charge >= 0.3 is 0 Å². The van der Waals surface area contributed by atoms with Gasteiger partial charge in [-0.05, 0) is 18.8 Å². The van der Waals surface area contributed by atoms with Gasteiger partial charge in [-0.25, -0.2) is 13.4 Å². The molecule has 0 unspecified atom stereocenters. The second-order valence-corrected chi connectivity index (χ2v) is 9.74. The summed E-state index contributed by atoms with van der Waals surface area (Å²) in [4.78, 5) is 20.7. The molecule has 2 aliphatic heterocycles. The monoisotopic (exact) mass is 339 g/mol. The van der Waals surface area contributed by atoms with Gasteiger partial charge in [0.25, 0.3) is 5.56 Å². The van der Waals surface area contributed by atoms with E-state index in [4.69, 9.17) is 0 Å². The van der Waals surface area contributed by atoms with Crippen LogP contribution < -0.4 is 5.56 Å². The zero-order valence-corrected chi connectivity index (χ0v) is 13.9. The predicted octanol–water partition coefficient (Wildman–Crippen LogP) is 0.541. The Balaban J connectivity index is 1.54. The van der Waals surface area contributed by atoms with Gasteiger partial charge in [0.15, 0.2) is 14.8 Å². The highest BCUT2D eigenvalue weighted by atomic mass is 32.2. The quantitative estimate of drug-likeness (QED) is 0.799. The van der Waals surface area contributed by atoms with Crippen molar-refractivity contribution < 1.29 is 8.42 Å². The Kier molecular flexibility index (Phi) is 3.18. The van der Waals surface area contributed by atoms with Gasteiger partial charge in [0.2, 0.25) is 0 Å². The number of likely N-dealkylation sites (tertiary alicyclic amines) is 1. The molecular weight excluding hydrogens is 322 g/mol. The number of aromatic nitrogens is 2. The van der Waals surface area contributed by atoms with Gasteiger partial charge in [-0.3, -0.25) is 14.1 Å². The van der Waals surface area contributed by atoms with E-state index in [0.717, 1.165) is 28.6 Å². The van der Waals surface area contributed by atoms with Crippen molar-refractivity contribution >= 4 is 26.1 Å². The predicted molar refractivity (Wildman–Crippen MR) is 85.0 cm³/mol. The summed E-state index contributed by atoms with van der Waals surface area (Å²) in [6.45, 7) is 4.15. The molecule has 0 saturated carbocycles. The zero-order chi connectivity index (χ0) is 15.5. The molecule has 0 amide bonds. The minimum absolute atomic E-state index is 0.0497. The first-order valence-electron chi connectivity index (χ1n) is 7.31. The van der Waals surface area contributed by atoms with Crippen LogP contribution in [0.4, 0.5) is 0 Å². The molecule has 0 aliphatic carbocycles. The van der Waals surface area contributed by atoms with Gasteiger partial charge in [-0.1, -0.05) is 0 Å². The topological polar surface area (TPSA) is 71.8 Å². The van der Waals surface area contributed by atoms with E-state index in [-0.39, 0.29) is 17.4 Å². The lowest BCUT2D eigenvalue weighted by molar-refractivity contribution is 0.311. The fraction of sp³-hybridized carbons (Fsp3) is 0.571. The van der Waals surface area contributed by atoms with Gasteiger partial charge in [0.1, 0.15) is 0 Å². The molecule has 4 heterocycles. The first-order valence-corrected chi connectivity index (χ1v) is 9.95. The molecule has 8 heteroatoms. The number of aryl methyl sites for hydroxylation is 1. The summed E-state index contributed by atoms with van der Waals surface area (Å²) >= 11 is 1.51. The van der Waals surface area contributed by atoms with Gasteiger partial charge in [0, 0.05) is 36.8 Å². The molecule has 2 fully saturated rings. The van der Waals surface area contributed by atoms with Crippen molar-refractivity contribution in [2.45, 2.75) is 13.5 Å². The summed E-state index contributed by atoms with van der Waals surface area (Å²) in [5.74, 6) is 1.12. The second-order valence-electron chi connectivity index (χ2n) is 6.37. The van der Waals surface area contributed by atoms with Crippen molar-refractivity contribution in [1.29, 1.82) is 0 Å². The van der Waals surface area contributed by atoms with Crippen molar-refractivity contribution in [2.24, 2.45) is 11.8 Å². The lowest BCUT2D eigenvalue weighted by atomic mass is 10.0. The van der Waals surface area contributed by atoms with E-state index in [1.807, 2.05) is 13.1 Å². The Morgan fingerprint density at radius 3 is 2.68 bits per heavy atom. The van der Waals surface area contributed by atoms with Crippen LogP contribution in [0.3, 0.4) is 0 Å². The highest BCUT2D eigenvalue weighted by molar-refractivity contribution is 7.91. The van der Waals surface area contributed by atoms with Crippen LogP contribution in [0.15, 0.2) is 17.1 Å². The van der Waals surface area contributed by atoms with Gasteiger partial charge in [-0.15, -0.1) is 11.3 Å². The molecular formula is C14H17N3O3S2. The minimum Gasteiger partial charge on any atom is -0.297 e. The molecule has 2 aromatic rings. The Morgan fingerprint density at radius 1 is 1.32 bits per heavy atom. The molecule has 6 nitrogen and oxygen atoms in total. The van der Waals surface area contributed by atoms with E-state index in [1.54, 1.807) is 10.5 Å². The number of rotatable bonds is 2. The maximum atomic E-state index is 12.1. The van der Waals surface area contributed by atoms with E-state index in [0.29, 0.717) is 18.1 Å². The van der Waals surface area contributed by atoms with Gasteiger partial charge in [0.05, 0.1) is 17.2 Å². The van der Waals surface area contributed by atoms with Crippen molar-refractivity contribution in [3.05, 3.63) is 33.2 Å². The average Bonchev–Trinajstić information content (AvgIpc) is 2.99. The van der Waals surface area contributed by atoms with E-state index in [9.17, 15) is 13.2 Å². The lowest BCUT2D eigenvalue weighted by Crippen LogP contribution is -2.25. The maximum absolute atomic E-state index is 12.1. The largest absolute Gasteiger partial charge is 0.297 e. The van der Waals surface area contributed by atoms with Crippen LogP contribution in [0.2, 0.25) is 0 Å². The number of sulfone groups is 1. The molecule has 118 valence electrons. The number of hydrogen-bond donors (Lipinski definition) is 0. The van der Waals surface area contributed by atoms with Crippen LogP contribution in [0.25, 0.3) is 4.96 Å². The smallest absolute Gasteiger partial charge is 0.258 e. The van der Waals surface area contributed by atoms with Gasteiger partial charge < -0.3 is 0 Å². The number of hydrogen-bond acceptors (Lipinski definition) is 6. The molecule has 2 saturated heterocycles. The van der Waals surface area contributed by atoms with Crippen LogP contribution >= 0.6 is 11.3 Å². The van der Waals surface area contributed by atoms with E-state index < -0.39 is 9.84 Å². The fourth-order valence-corrected chi connectivity index (χ4v) is 6.68.